The zero-order valence-electron chi connectivity index (χ0n) is 26.7. The first-order valence-electron chi connectivity index (χ1n) is 16.4. The van der Waals surface area contributed by atoms with E-state index >= 15 is 0 Å². The van der Waals surface area contributed by atoms with E-state index in [1.807, 2.05) is 140 Å². The van der Waals surface area contributed by atoms with E-state index in [1.54, 1.807) is 6.07 Å². The highest BCUT2D eigenvalue weighted by atomic mass is 16.2. The molecule has 0 aliphatic carbocycles. The van der Waals surface area contributed by atoms with Crippen LogP contribution in [0.15, 0.2) is 164 Å². The molecule has 0 fully saturated rings. The Balaban J connectivity index is 1.28. The van der Waals surface area contributed by atoms with E-state index in [4.69, 9.17) is 6.57 Å². The average Bonchev–Trinajstić information content (AvgIpc) is 3.66. The van der Waals surface area contributed by atoms with Gasteiger partial charge in [0.1, 0.15) is 0 Å². The van der Waals surface area contributed by atoms with Gasteiger partial charge in [-0.3, -0.25) is 9.59 Å². The number of carbonyl (C=O) groups is 2. The maximum absolute atomic E-state index is 14.8. The summed E-state index contributed by atoms with van der Waals surface area (Å²) in [6.07, 6.45) is 0. The largest absolute Gasteiger partial charge is 0.308 e. The lowest BCUT2D eigenvalue weighted by Gasteiger charge is -2.18. The topological polar surface area (TPSA) is 46.7 Å². The number of amides is 2. The van der Waals surface area contributed by atoms with Crippen molar-refractivity contribution in [3.05, 3.63) is 186 Å². The SMILES string of the molecule is [C-]#[N+]c1ccccc1-c1cccc2c3ccccc3n(-c3cccc4c3C(=O)N(c3cc(-c5ccccc5)cc(-c5ccccc5)c3)C4=O)c12. The molecule has 0 N–H and O–H groups in total. The number of carbonyl (C=O) groups excluding carboxylic acids is 2. The number of para-hydroxylation sites is 3. The molecule has 1 aliphatic rings. The number of fused-ring (bicyclic) bond motifs is 4. The second kappa shape index (κ2) is 11.6. The Kier molecular flexibility index (Phi) is 6.75. The third-order valence-corrected chi connectivity index (χ3v) is 9.53. The lowest BCUT2D eigenvalue weighted by molar-refractivity contribution is 0.0926. The van der Waals surface area contributed by atoms with Gasteiger partial charge in [0.2, 0.25) is 0 Å². The van der Waals surface area contributed by atoms with Crippen molar-refractivity contribution in [2.45, 2.75) is 0 Å². The molecule has 0 bridgehead atoms. The van der Waals surface area contributed by atoms with E-state index in [9.17, 15) is 9.59 Å². The van der Waals surface area contributed by atoms with Crippen LogP contribution in [0.25, 0.3) is 65.7 Å². The number of benzene rings is 7. The van der Waals surface area contributed by atoms with Gasteiger partial charge >= 0.3 is 0 Å². The van der Waals surface area contributed by atoms with Crippen molar-refractivity contribution in [2.24, 2.45) is 0 Å². The van der Waals surface area contributed by atoms with Crippen LogP contribution in [0.5, 0.6) is 0 Å². The van der Waals surface area contributed by atoms with Crippen LogP contribution >= 0.6 is 0 Å². The van der Waals surface area contributed by atoms with Crippen molar-refractivity contribution >= 4 is 45.0 Å². The Bertz CT molecular complexity index is 2640. The minimum Gasteiger partial charge on any atom is -0.308 e. The summed E-state index contributed by atoms with van der Waals surface area (Å²) < 4.78 is 2.09. The number of hydrogen-bond acceptors (Lipinski definition) is 2. The van der Waals surface area contributed by atoms with Crippen LogP contribution in [0.4, 0.5) is 11.4 Å². The van der Waals surface area contributed by atoms with Crippen LogP contribution in [0.1, 0.15) is 20.7 Å². The maximum atomic E-state index is 14.8. The van der Waals surface area contributed by atoms with Crippen LogP contribution < -0.4 is 4.90 Å². The Labute approximate surface area is 288 Å². The molecule has 9 rings (SSSR count). The number of anilines is 1. The van der Waals surface area contributed by atoms with Crippen molar-refractivity contribution in [1.82, 2.24) is 4.57 Å². The number of nitrogens with zero attached hydrogens (tertiary/aromatic N) is 3. The summed E-state index contributed by atoms with van der Waals surface area (Å²) in [5.41, 5.74) is 9.61. The first-order chi connectivity index (χ1) is 24.6. The van der Waals surface area contributed by atoms with Crippen LogP contribution in [0.2, 0.25) is 0 Å². The summed E-state index contributed by atoms with van der Waals surface area (Å²) >= 11 is 0. The van der Waals surface area contributed by atoms with Crippen molar-refractivity contribution in [3.8, 4) is 39.1 Å². The smallest absolute Gasteiger partial charge is 0.268 e. The Morgan fingerprint density at radius 1 is 0.480 bits per heavy atom. The molecule has 0 radical (unpaired) electrons. The van der Waals surface area contributed by atoms with E-state index in [0.29, 0.717) is 28.2 Å². The molecule has 0 atom stereocenters. The molecule has 0 spiro atoms. The molecule has 2 amide bonds. The lowest BCUT2D eigenvalue weighted by Crippen LogP contribution is -2.29. The van der Waals surface area contributed by atoms with Gasteiger partial charge in [-0.05, 0) is 69.8 Å². The van der Waals surface area contributed by atoms with Gasteiger partial charge in [0, 0.05) is 10.8 Å². The van der Waals surface area contributed by atoms with Gasteiger partial charge in [-0.1, -0.05) is 127 Å². The molecule has 1 aromatic heterocycles. The average molecular weight is 642 g/mol. The molecule has 5 nitrogen and oxygen atoms in total. The fourth-order valence-corrected chi connectivity index (χ4v) is 7.31. The third-order valence-electron chi connectivity index (χ3n) is 9.53. The van der Waals surface area contributed by atoms with Gasteiger partial charge < -0.3 is 4.57 Å². The van der Waals surface area contributed by atoms with E-state index in [1.165, 1.54) is 4.90 Å². The van der Waals surface area contributed by atoms with Crippen LogP contribution in [0.3, 0.4) is 0 Å². The van der Waals surface area contributed by atoms with Crippen molar-refractivity contribution in [3.63, 3.8) is 0 Å². The quantitative estimate of drug-likeness (QED) is 0.139. The number of imide groups is 1. The molecule has 8 aromatic rings. The van der Waals surface area contributed by atoms with Crippen molar-refractivity contribution in [1.29, 1.82) is 0 Å². The van der Waals surface area contributed by atoms with E-state index in [2.05, 4.69) is 27.6 Å². The van der Waals surface area contributed by atoms with Gasteiger partial charge in [0.15, 0.2) is 5.69 Å². The Morgan fingerprint density at radius 3 is 1.78 bits per heavy atom. The third kappa shape index (κ3) is 4.47. The first-order valence-corrected chi connectivity index (χ1v) is 16.4. The van der Waals surface area contributed by atoms with Crippen molar-refractivity contribution in [2.75, 3.05) is 4.90 Å². The summed E-state index contributed by atoms with van der Waals surface area (Å²) in [6.45, 7) is 7.89. The van der Waals surface area contributed by atoms with Gasteiger partial charge in [-0.25, -0.2) is 9.74 Å². The molecule has 234 valence electrons. The lowest BCUT2D eigenvalue weighted by atomic mass is 9.97. The van der Waals surface area contributed by atoms with Crippen LogP contribution in [0, 0.1) is 6.57 Å². The monoisotopic (exact) mass is 641 g/mol. The maximum Gasteiger partial charge on any atom is 0.268 e. The predicted molar refractivity (Wildman–Crippen MR) is 201 cm³/mol. The second-order valence-electron chi connectivity index (χ2n) is 12.3. The molecule has 0 saturated carbocycles. The zero-order chi connectivity index (χ0) is 33.8. The highest BCUT2D eigenvalue weighted by Gasteiger charge is 2.40. The number of hydrogen-bond donors (Lipinski definition) is 0. The molecule has 50 heavy (non-hydrogen) atoms. The van der Waals surface area contributed by atoms with Crippen molar-refractivity contribution < 1.29 is 9.59 Å². The molecular weight excluding hydrogens is 615 g/mol. The first kappa shape index (κ1) is 29.1. The molecule has 0 saturated heterocycles. The Morgan fingerprint density at radius 2 is 1.06 bits per heavy atom. The summed E-state index contributed by atoms with van der Waals surface area (Å²) in [5.74, 6) is -0.745. The summed E-state index contributed by atoms with van der Waals surface area (Å²) in [6, 6.07) is 53.2. The minimum absolute atomic E-state index is 0.347. The van der Waals surface area contributed by atoms with Gasteiger partial charge in [-0.2, -0.15) is 0 Å². The van der Waals surface area contributed by atoms with E-state index < -0.39 is 0 Å². The second-order valence-corrected chi connectivity index (χ2v) is 12.3. The highest BCUT2D eigenvalue weighted by Crippen LogP contribution is 2.43. The standard InChI is InChI=1S/C45H27N3O2/c1-46-39-23-10-8-18-34(39)36-20-12-21-37-35-19-9-11-24-40(35)48(43(36)37)41-25-13-22-38-42(41)45(50)47(44(38)49)33-27-31(29-14-4-2-5-15-29)26-32(28-33)30-16-6-3-7-17-30/h2-28H. The molecular formula is C45H27N3O2. The molecule has 2 heterocycles. The predicted octanol–water partition coefficient (Wildman–Crippen LogP) is 11.1. The van der Waals surface area contributed by atoms with Crippen LogP contribution in [-0.4, -0.2) is 16.4 Å². The highest BCUT2D eigenvalue weighted by molar-refractivity contribution is 6.36. The van der Waals surface area contributed by atoms with E-state index in [-0.39, 0.29) is 11.8 Å². The van der Waals surface area contributed by atoms with Gasteiger partial charge in [0.25, 0.3) is 11.8 Å². The zero-order valence-corrected chi connectivity index (χ0v) is 26.7. The molecule has 5 heteroatoms. The summed E-state index contributed by atoms with van der Waals surface area (Å²) in [7, 11) is 0. The minimum atomic E-state index is -0.380. The molecule has 1 aliphatic heterocycles. The summed E-state index contributed by atoms with van der Waals surface area (Å²) in [4.78, 5) is 34.3. The molecule has 7 aromatic carbocycles. The number of rotatable bonds is 5. The fraction of sp³-hybridized carbons (Fsp3) is 0. The number of aromatic nitrogens is 1. The Hall–Kier alpha value is -7.03. The van der Waals surface area contributed by atoms with Gasteiger partial charge in [-0.15, -0.1) is 0 Å². The fourth-order valence-electron chi connectivity index (χ4n) is 7.31. The van der Waals surface area contributed by atoms with Crippen LogP contribution in [-0.2, 0) is 0 Å². The van der Waals surface area contributed by atoms with Gasteiger partial charge in [0.05, 0.1) is 40.1 Å². The normalized spacial score (nSPS) is 12.4. The molecule has 0 unspecified atom stereocenters. The van der Waals surface area contributed by atoms with E-state index in [0.717, 1.165) is 55.2 Å². The summed E-state index contributed by atoms with van der Waals surface area (Å²) in [5, 5.41) is 2.01.